The zero-order chi connectivity index (χ0) is 22.3. The highest BCUT2D eigenvalue weighted by atomic mass is 32.2. The summed E-state index contributed by atoms with van der Waals surface area (Å²) < 4.78 is 27.6. The van der Waals surface area contributed by atoms with Crippen molar-refractivity contribution in [2.24, 2.45) is 0 Å². The van der Waals surface area contributed by atoms with Crippen LogP contribution in [-0.4, -0.2) is 51.3 Å². The van der Waals surface area contributed by atoms with E-state index in [4.69, 9.17) is 0 Å². The molecule has 0 bridgehead atoms. The third-order valence-corrected chi connectivity index (χ3v) is 7.73. The van der Waals surface area contributed by atoms with Crippen molar-refractivity contribution in [2.75, 3.05) is 11.9 Å². The van der Waals surface area contributed by atoms with Gasteiger partial charge >= 0.3 is 0 Å². The van der Waals surface area contributed by atoms with Crippen molar-refractivity contribution in [2.45, 2.75) is 23.8 Å². The van der Waals surface area contributed by atoms with Gasteiger partial charge in [-0.2, -0.15) is 4.31 Å². The molecule has 1 aromatic heterocycles. The van der Waals surface area contributed by atoms with E-state index in [0.717, 1.165) is 39.9 Å². The highest BCUT2D eigenvalue weighted by Gasteiger charge is 2.39. The van der Waals surface area contributed by atoms with E-state index in [9.17, 15) is 33.5 Å². The summed E-state index contributed by atoms with van der Waals surface area (Å²) in [5, 5.41) is 32.8. The van der Waals surface area contributed by atoms with Crippen molar-refractivity contribution < 1.29 is 28.3 Å². The number of aromatic nitrogens is 1. The molecule has 11 nitrogen and oxygen atoms in total. The molecule has 1 saturated heterocycles. The van der Waals surface area contributed by atoms with E-state index in [1.165, 1.54) is 12.1 Å². The van der Waals surface area contributed by atoms with Gasteiger partial charge in [-0.15, -0.1) is 0 Å². The van der Waals surface area contributed by atoms with E-state index >= 15 is 0 Å². The summed E-state index contributed by atoms with van der Waals surface area (Å²) in [5.41, 5.74) is 0.139. The first-order chi connectivity index (χ1) is 14.7. The van der Waals surface area contributed by atoms with Crippen LogP contribution in [0, 0.1) is 10.1 Å². The molecule has 3 aromatic rings. The molecule has 1 aliphatic heterocycles. The summed E-state index contributed by atoms with van der Waals surface area (Å²) in [7, 11) is -4.04. The molecule has 0 aliphatic carbocycles. The van der Waals surface area contributed by atoms with Gasteiger partial charge in [-0.3, -0.25) is 14.9 Å². The van der Waals surface area contributed by atoms with Crippen LogP contribution in [0.25, 0.3) is 10.2 Å². The van der Waals surface area contributed by atoms with Crippen LogP contribution in [-0.2, 0) is 14.8 Å². The number of benzene rings is 2. The molecule has 3 N–H and O–H groups in total. The summed E-state index contributed by atoms with van der Waals surface area (Å²) in [6.45, 7) is 0.138. The van der Waals surface area contributed by atoms with Gasteiger partial charge in [0.2, 0.25) is 15.9 Å². The molecule has 1 amide bonds. The fourth-order valence-electron chi connectivity index (χ4n) is 3.36. The normalized spacial score (nSPS) is 17.1. The number of hydrogen-bond acceptors (Lipinski definition) is 9. The Labute approximate surface area is 179 Å². The molecule has 2 heterocycles. The Morgan fingerprint density at radius 1 is 1.23 bits per heavy atom. The van der Waals surface area contributed by atoms with E-state index in [2.05, 4.69) is 10.3 Å². The van der Waals surface area contributed by atoms with Crippen molar-refractivity contribution in [1.82, 2.24) is 9.29 Å². The Bertz CT molecular complexity index is 1250. The van der Waals surface area contributed by atoms with Gasteiger partial charge in [-0.1, -0.05) is 11.3 Å². The third kappa shape index (κ3) is 3.89. The largest absolute Gasteiger partial charge is 0.504 e. The van der Waals surface area contributed by atoms with Gasteiger partial charge in [0.15, 0.2) is 16.6 Å². The van der Waals surface area contributed by atoms with Crippen LogP contribution in [0.4, 0.5) is 10.8 Å². The monoisotopic (exact) mass is 464 g/mol. The predicted molar refractivity (Wildman–Crippen MR) is 112 cm³/mol. The number of thiazole rings is 1. The number of non-ortho nitro benzene ring substituents is 1. The summed E-state index contributed by atoms with van der Waals surface area (Å²) >= 11 is 1.07. The minimum atomic E-state index is -4.04. The van der Waals surface area contributed by atoms with E-state index in [1.54, 1.807) is 0 Å². The van der Waals surface area contributed by atoms with E-state index in [-0.39, 0.29) is 33.8 Å². The minimum absolute atomic E-state index is 0.135. The van der Waals surface area contributed by atoms with E-state index in [1.807, 2.05) is 0 Å². The number of carbonyl (C=O) groups is 1. The molecule has 1 aliphatic rings. The Morgan fingerprint density at radius 2 is 1.90 bits per heavy atom. The predicted octanol–water partition coefficient (Wildman–Crippen LogP) is 2.41. The molecule has 31 heavy (non-hydrogen) atoms. The molecule has 1 atom stereocenters. The van der Waals surface area contributed by atoms with Gasteiger partial charge in [0.25, 0.3) is 5.69 Å². The minimum Gasteiger partial charge on any atom is -0.504 e. The maximum Gasteiger partial charge on any atom is 0.269 e. The number of hydrogen-bond donors (Lipinski definition) is 3. The second kappa shape index (κ2) is 7.76. The van der Waals surface area contributed by atoms with Crippen molar-refractivity contribution >= 4 is 48.3 Å². The number of rotatable bonds is 5. The number of nitrogens with zero attached hydrogens (tertiary/aromatic N) is 3. The number of anilines is 1. The fourth-order valence-corrected chi connectivity index (χ4v) is 5.90. The van der Waals surface area contributed by atoms with E-state index < -0.39 is 26.9 Å². The average molecular weight is 464 g/mol. The van der Waals surface area contributed by atoms with Crippen molar-refractivity contribution in [1.29, 1.82) is 0 Å². The molecule has 0 spiro atoms. The molecule has 0 unspecified atom stereocenters. The van der Waals surface area contributed by atoms with Gasteiger partial charge in [0.05, 0.1) is 20.0 Å². The topological polar surface area (TPSA) is 163 Å². The number of carbonyl (C=O) groups excluding carboxylic acids is 1. The third-order valence-electron chi connectivity index (χ3n) is 4.88. The number of fused-ring (bicyclic) bond motifs is 1. The van der Waals surface area contributed by atoms with Crippen LogP contribution >= 0.6 is 11.3 Å². The SMILES string of the molecule is O=C(Nc1nc2cc(O)c(O)cc2s1)[C@@H]1CCCN1S(=O)(=O)c1ccc([N+](=O)[O-])cc1. The number of phenolic OH excluding ortho intramolecular Hbond substituents is 2. The number of nitrogens with one attached hydrogen (secondary N) is 1. The summed E-state index contributed by atoms with van der Waals surface area (Å²) in [6, 6.07) is 6.11. The highest BCUT2D eigenvalue weighted by molar-refractivity contribution is 7.89. The first-order valence-corrected chi connectivity index (χ1v) is 11.3. The highest BCUT2D eigenvalue weighted by Crippen LogP contribution is 2.35. The van der Waals surface area contributed by atoms with Gasteiger partial charge in [0.1, 0.15) is 6.04 Å². The van der Waals surface area contributed by atoms with E-state index in [0.29, 0.717) is 23.1 Å². The first-order valence-electron chi connectivity index (χ1n) is 9.06. The number of nitro groups is 1. The second-order valence-corrected chi connectivity index (χ2v) is 9.76. The zero-order valence-electron chi connectivity index (χ0n) is 15.8. The lowest BCUT2D eigenvalue weighted by molar-refractivity contribution is -0.384. The Kier molecular flexibility index (Phi) is 5.24. The van der Waals surface area contributed by atoms with Crippen molar-refractivity contribution in [3.63, 3.8) is 0 Å². The average Bonchev–Trinajstić information content (AvgIpc) is 3.35. The van der Waals surface area contributed by atoms with Gasteiger partial charge in [-0.05, 0) is 25.0 Å². The molecule has 0 radical (unpaired) electrons. The van der Waals surface area contributed by atoms with Crippen LogP contribution in [0.15, 0.2) is 41.3 Å². The Hall–Kier alpha value is -3.29. The Morgan fingerprint density at radius 3 is 2.58 bits per heavy atom. The van der Waals surface area contributed by atoms with Gasteiger partial charge in [0, 0.05) is 30.8 Å². The first kappa shape index (κ1) is 21.0. The lowest BCUT2D eigenvalue weighted by Crippen LogP contribution is -2.43. The molecular formula is C18H16N4O7S2. The quantitative estimate of drug-likeness (QED) is 0.294. The zero-order valence-corrected chi connectivity index (χ0v) is 17.4. The van der Waals surface area contributed by atoms with Crippen LogP contribution in [0.1, 0.15) is 12.8 Å². The molecule has 2 aromatic carbocycles. The lowest BCUT2D eigenvalue weighted by atomic mass is 10.2. The number of amides is 1. The molecule has 162 valence electrons. The standard InChI is InChI=1S/C18H16N4O7S2/c23-14-8-12-16(9-15(14)24)30-18(19-12)20-17(25)13-2-1-7-21(13)31(28,29)11-5-3-10(4-6-11)22(26)27/h3-6,8-9,13,23-24H,1-2,7H2,(H,19,20,25)/t13-/m0/s1. The van der Waals surface area contributed by atoms with Gasteiger partial charge < -0.3 is 15.5 Å². The fraction of sp³-hybridized carbons (Fsp3) is 0.222. The van der Waals surface area contributed by atoms with Gasteiger partial charge in [-0.25, -0.2) is 13.4 Å². The number of sulfonamides is 1. The van der Waals surface area contributed by atoms with Crippen molar-refractivity contribution in [3.8, 4) is 11.5 Å². The summed E-state index contributed by atoms with van der Waals surface area (Å²) in [5.74, 6) is -1.22. The summed E-state index contributed by atoms with van der Waals surface area (Å²) in [4.78, 5) is 27.0. The summed E-state index contributed by atoms with van der Waals surface area (Å²) in [6.07, 6.45) is 0.788. The Balaban J connectivity index is 1.56. The maximum absolute atomic E-state index is 13.0. The van der Waals surface area contributed by atoms with Crippen LogP contribution in [0.3, 0.4) is 0 Å². The molecule has 13 heteroatoms. The van der Waals surface area contributed by atoms with Crippen LogP contribution < -0.4 is 5.32 Å². The van der Waals surface area contributed by atoms with Crippen LogP contribution in [0.5, 0.6) is 11.5 Å². The van der Waals surface area contributed by atoms with Crippen LogP contribution in [0.2, 0.25) is 0 Å². The maximum atomic E-state index is 13.0. The second-order valence-electron chi connectivity index (χ2n) is 6.84. The molecule has 1 fully saturated rings. The lowest BCUT2D eigenvalue weighted by Gasteiger charge is -2.22. The van der Waals surface area contributed by atoms with Crippen molar-refractivity contribution in [3.05, 3.63) is 46.5 Å². The number of nitro benzene ring substituents is 1. The smallest absolute Gasteiger partial charge is 0.269 e. The molecule has 4 rings (SSSR count). The molecule has 0 saturated carbocycles. The number of aromatic hydroxyl groups is 2. The molecular weight excluding hydrogens is 448 g/mol. The number of phenols is 2.